The van der Waals surface area contributed by atoms with Crippen molar-refractivity contribution in [3.63, 3.8) is 0 Å². The number of rotatable bonds is 4. The average molecular weight is 335 g/mol. The molecule has 0 radical (unpaired) electrons. The molecular weight excluding hydrogens is 323 g/mol. The zero-order valence-electron chi connectivity index (χ0n) is 10.6. The van der Waals surface area contributed by atoms with Crippen LogP contribution in [0.2, 0.25) is 0 Å². The van der Waals surface area contributed by atoms with Gasteiger partial charge in [0.1, 0.15) is 24.2 Å². The SMILES string of the molecule is N#Cc1cccc(COc2ccc(Br)cc2CN)c1F. The molecule has 2 aromatic carbocycles. The van der Waals surface area contributed by atoms with Gasteiger partial charge in [0.25, 0.3) is 0 Å². The molecule has 3 nitrogen and oxygen atoms in total. The van der Waals surface area contributed by atoms with Crippen molar-refractivity contribution in [1.29, 1.82) is 5.26 Å². The Morgan fingerprint density at radius 2 is 2.05 bits per heavy atom. The van der Waals surface area contributed by atoms with E-state index in [1.807, 2.05) is 18.2 Å². The van der Waals surface area contributed by atoms with Gasteiger partial charge in [0.05, 0.1) is 5.56 Å². The third kappa shape index (κ3) is 3.16. The highest BCUT2D eigenvalue weighted by Gasteiger charge is 2.09. The van der Waals surface area contributed by atoms with E-state index in [0.717, 1.165) is 10.0 Å². The van der Waals surface area contributed by atoms with E-state index in [4.69, 9.17) is 15.7 Å². The van der Waals surface area contributed by atoms with Gasteiger partial charge in [-0.25, -0.2) is 4.39 Å². The van der Waals surface area contributed by atoms with Crippen LogP contribution in [0.4, 0.5) is 4.39 Å². The molecule has 0 spiro atoms. The molecule has 0 atom stereocenters. The summed E-state index contributed by atoms with van der Waals surface area (Å²) in [6, 6.07) is 11.9. The van der Waals surface area contributed by atoms with Gasteiger partial charge in [0, 0.05) is 22.1 Å². The minimum absolute atomic E-state index is 0.0148. The monoisotopic (exact) mass is 334 g/mol. The standard InChI is InChI=1S/C15H12BrFN2O/c16-13-4-5-14(12(6-13)8-19)20-9-11-3-1-2-10(7-18)15(11)17/h1-6H,8-9,19H2. The van der Waals surface area contributed by atoms with Gasteiger partial charge in [-0.05, 0) is 24.3 Å². The number of nitrogens with two attached hydrogens (primary N) is 1. The van der Waals surface area contributed by atoms with E-state index in [9.17, 15) is 4.39 Å². The highest BCUT2D eigenvalue weighted by Crippen LogP contribution is 2.24. The summed E-state index contributed by atoms with van der Waals surface area (Å²) < 4.78 is 20.4. The van der Waals surface area contributed by atoms with Crippen molar-refractivity contribution < 1.29 is 9.13 Å². The Morgan fingerprint density at radius 3 is 2.75 bits per heavy atom. The van der Waals surface area contributed by atoms with Crippen LogP contribution in [0.1, 0.15) is 16.7 Å². The molecule has 0 aromatic heterocycles. The Labute approximate surface area is 124 Å². The van der Waals surface area contributed by atoms with Crippen LogP contribution < -0.4 is 10.5 Å². The van der Waals surface area contributed by atoms with E-state index in [0.29, 0.717) is 17.9 Å². The van der Waals surface area contributed by atoms with Gasteiger partial charge >= 0.3 is 0 Å². The van der Waals surface area contributed by atoms with Gasteiger partial charge in [0.15, 0.2) is 0 Å². The Balaban J connectivity index is 2.19. The third-order valence-corrected chi connectivity index (χ3v) is 3.32. The maximum atomic E-state index is 13.9. The van der Waals surface area contributed by atoms with Crippen molar-refractivity contribution in [3.05, 3.63) is 63.4 Å². The molecule has 0 amide bonds. The highest BCUT2D eigenvalue weighted by atomic mass is 79.9. The van der Waals surface area contributed by atoms with Crippen LogP contribution in [-0.2, 0) is 13.2 Å². The second kappa shape index (κ2) is 6.51. The highest BCUT2D eigenvalue weighted by molar-refractivity contribution is 9.10. The van der Waals surface area contributed by atoms with E-state index in [2.05, 4.69) is 15.9 Å². The van der Waals surface area contributed by atoms with Crippen molar-refractivity contribution in [1.82, 2.24) is 0 Å². The Kier molecular flexibility index (Phi) is 4.72. The van der Waals surface area contributed by atoms with Crippen LogP contribution in [0.15, 0.2) is 40.9 Å². The van der Waals surface area contributed by atoms with Crippen LogP contribution in [0.5, 0.6) is 5.75 Å². The smallest absolute Gasteiger partial charge is 0.147 e. The number of nitrogens with zero attached hydrogens (tertiary/aromatic N) is 1. The predicted molar refractivity (Wildman–Crippen MR) is 77.5 cm³/mol. The molecule has 0 aliphatic carbocycles. The summed E-state index contributed by atoms with van der Waals surface area (Å²) in [6.07, 6.45) is 0. The molecule has 102 valence electrons. The zero-order valence-corrected chi connectivity index (χ0v) is 12.2. The summed E-state index contributed by atoms with van der Waals surface area (Å²) in [5.41, 5.74) is 6.83. The van der Waals surface area contributed by atoms with Gasteiger partial charge in [-0.15, -0.1) is 0 Å². The molecule has 20 heavy (non-hydrogen) atoms. The van der Waals surface area contributed by atoms with Crippen LogP contribution in [-0.4, -0.2) is 0 Å². The lowest BCUT2D eigenvalue weighted by atomic mass is 10.1. The van der Waals surface area contributed by atoms with Crippen LogP contribution >= 0.6 is 15.9 Å². The number of nitriles is 1. The Hall–Kier alpha value is -1.90. The quantitative estimate of drug-likeness (QED) is 0.930. The fourth-order valence-corrected chi connectivity index (χ4v) is 2.19. The summed E-state index contributed by atoms with van der Waals surface area (Å²) in [5, 5.41) is 8.79. The van der Waals surface area contributed by atoms with Crippen molar-refractivity contribution in [2.45, 2.75) is 13.2 Å². The average Bonchev–Trinajstić information content (AvgIpc) is 2.47. The molecule has 0 aliphatic rings. The Bertz CT molecular complexity index is 667. The van der Waals surface area contributed by atoms with E-state index >= 15 is 0 Å². The summed E-state index contributed by atoms with van der Waals surface area (Å²) in [5.74, 6) is 0.0684. The molecule has 0 unspecified atom stereocenters. The molecular formula is C15H12BrFN2O. The minimum Gasteiger partial charge on any atom is -0.488 e. The van der Waals surface area contributed by atoms with E-state index in [1.54, 1.807) is 18.2 Å². The maximum Gasteiger partial charge on any atom is 0.147 e. The second-order valence-electron chi connectivity index (χ2n) is 4.14. The van der Waals surface area contributed by atoms with Gasteiger partial charge in [-0.3, -0.25) is 0 Å². The molecule has 2 rings (SSSR count). The van der Waals surface area contributed by atoms with Crippen molar-refractivity contribution in [3.8, 4) is 11.8 Å². The van der Waals surface area contributed by atoms with Crippen molar-refractivity contribution in [2.75, 3.05) is 0 Å². The Morgan fingerprint density at radius 1 is 1.25 bits per heavy atom. The summed E-state index contributed by atoms with van der Waals surface area (Å²) >= 11 is 3.36. The first-order chi connectivity index (χ1) is 9.65. The number of benzene rings is 2. The van der Waals surface area contributed by atoms with E-state index in [-0.39, 0.29) is 12.2 Å². The lowest BCUT2D eigenvalue weighted by Gasteiger charge is -2.11. The van der Waals surface area contributed by atoms with Crippen LogP contribution in [0, 0.1) is 17.1 Å². The molecule has 0 aliphatic heterocycles. The topological polar surface area (TPSA) is 59.0 Å². The van der Waals surface area contributed by atoms with Gasteiger partial charge in [-0.2, -0.15) is 5.26 Å². The van der Waals surface area contributed by atoms with E-state index in [1.165, 1.54) is 6.07 Å². The van der Waals surface area contributed by atoms with Crippen molar-refractivity contribution >= 4 is 15.9 Å². The predicted octanol–water partition coefficient (Wildman–Crippen LogP) is 3.50. The lowest BCUT2D eigenvalue weighted by molar-refractivity contribution is 0.296. The molecule has 0 heterocycles. The molecule has 2 aromatic rings. The summed E-state index contributed by atoms with van der Waals surface area (Å²) in [7, 11) is 0. The molecule has 0 fully saturated rings. The fourth-order valence-electron chi connectivity index (χ4n) is 1.78. The first-order valence-corrected chi connectivity index (χ1v) is 6.73. The van der Waals surface area contributed by atoms with Crippen LogP contribution in [0.3, 0.4) is 0 Å². The minimum atomic E-state index is -0.540. The lowest BCUT2D eigenvalue weighted by Crippen LogP contribution is -2.04. The first-order valence-electron chi connectivity index (χ1n) is 5.94. The van der Waals surface area contributed by atoms with E-state index < -0.39 is 5.82 Å². The first kappa shape index (κ1) is 14.5. The zero-order chi connectivity index (χ0) is 14.5. The van der Waals surface area contributed by atoms with Crippen molar-refractivity contribution in [2.24, 2.45) is 5.73 Å². The molecule has 2 N–H and O–H groups in total. The van der Waals surface area contributed by atoms with Gasteiger partial charge in [-0.1, -0.05) is 28.1 Å². The number of halogens is 2. The number of hydrogen-bond donors (Lipinski definition) is 1. The normalized spacial score (nSPS) is 10.1. The summed E-state index contributed by atoms with van der Waals surface area (Å²) in [4.78, 5) is 0. The second-order valence-corrected chi connectivity index (χ2v) is 5.05. The third-order valence-electron chi connectivity index (χ3n) is 2.82. The molecule has 0 saturated heterocycles. The molecule has 5 heteroatoms. The largest absolute Gasteiger partial charge is 0.488 e. The molecule has 0 saturated carbocycles. The number of hydrogen-bond acceptors (Lipinski definition) is 3. The van der Waals surface area contributed by atoms with Gasteiger partial charge in [0.2, 0.25) is 0 Å². The number of ether oxygens (including phenoxy) is 1. The molecule has 0 bridgehead atoms. The maximum absolute atomic E-state index is 13.9. The van der Waals surface area contributed by atoms with Crippen LogP contribution in [0.25, 0.3) is 0 Å². The summed E-state index contributed by atoms with van der Waals surface area (Å²) in [6.45, 7) is 0.380. The van der Waals surface area contributed by atoms with Gasteiger partial charge < -0.3 is 10.5 Å². The fraction of sp³-hybridized carbons (Fsp3) is 0.133.